The van der Waals surface area contributed by atoms with Gasteiger partial charge in [0.05, 0.1) is 31.1 Å². The number of nitrogens with zero attached hydrogens (tertiary/aromatic N) is 4. The van der Waals surface area contributed by atoms with Crippen molar-refractivity contribution in [3.8, 4) is 5.75 Å². The number of hydrogen-bond donors (Lipinski definition) is 0. The van der Waals surface area contributed by atoms with Crippen molar-refractivity contribution in [2.75, 3.05) is 18.7 Å². The number of carbonyl (C=O) groups is 1. The van der Waals surface area contributed by atoms with Gasteiger partial charge in [-0.3, -0.25) is 4.90 Å². The van der Waals surface area contributed by atoms with Crippen LogP contribution in [0.4, 0.5) is 5.69 Å². The molecule has 2 heterocycles. The zero-order chi connectivity index (χ0) is 26.2. The molecule has 1 unspecified atom stereocenters. The van der Waals surface area contributed by atoms with Gasteiger partial charge < -0.3 is 9.47 Å². The van der Waals surface area contributed by atoms with E-state index >= 15 is 0 Å². The SMILES string of the molecule is CCOC(=O)C1=NN(c2ccc(Cl)cc2)C2=NC3=C(CCCc4ccccc43)C(c3ccc(OC)cc3)N12. The standard InChI is InChI=1S/C30H27ClN4O3/c1-3-38-29(36)28-33-35(22-15-13-21(31)14-16-22)30-32-26-24-9-5-4-7-19(24)8-6-10-25(26)27(34(28)30)20-11-17-23(37-2)18-12-20/h4-5,7,9,11-18,27H,3,6,8,10H2,1-2H3. The van der Waals surface area contributed by atoms with E-state index < -0.39 is 5.97 Å². The van der Waals surface area contributed by atoms with Gasteiger partial charge in [-0.15, -0.1) is 5.10 Å². The Bertz CT molecular complexity index is 1480. The first-order valence-electron chi connectivity index (χ1n) is 12.7. The molecule has 0 N–H and O–H groups in total. The van der Waals surface area contributed by atoms with Gasteiger partial charge in [-0.05, 0) is 79.3 Å². The van der Waals surface area contributed by atoms with Crippen LogP contribution in [0.1, 0.15) is 42.5 Å². The molecule has 2 aliphatic heterocycles. The Labute approximate surface area is 226 Å². The summed E-state index contributed by atoms with van der Waals surface area (Å²) in [5.41, 5.74) is 6.23. The van der Waals surface area contributed by atoms with Crippen LogP contribution in [0.3, 0.4) is 0 Å². The summed E-state index contributed by atoms with van der Waals surface area (Å²) in [7, 11) is 1.65. The number of fused-ring (bicyclic) bond motifs is 3. The van der Waals surface area contributed by atoms with Gasteiger partial charge in [-0.2, -0.15) is 5.01 Å². The fourth-order valence-corrected chi connectivity index (χ4v) is 5.46. The summed E-state index contributed by atoms with van der Waals surface area (Å²) in [5.74, 6) is 1.02. The molecule has 0 fully saturated rings. The summed E-state index contributed by atoms with van der Waals surface area (Å²) < 4.78 is 10.9. The van der Waals surface area contributed by atoms with E-state index in [1.807, 2.05) is 41.3 Å². The van der Waals surface area contributed by atoms with Crippen LogP contribution in [0.25, 0.3) is 5.70 Å². The van der Waals surface area contributed by atoms with Gasteiger partial charge in [0.2, 0.25) is 11.8 Å². The molecule has 1 atom stereocenters. The Morgan fingerprint density at radius 3 is 2.53 bits per heavy atom. The Kier molecular flexibility index (Phi) is 6.37. The number of ether oxygens (including phenoxy) is 2. The minimum absolute atomic E-state index is 0.199. The molecule has 38 heavy (non-hydrogen) atoms. The molecule has 0 saturated carbocycles. The molecule has 3 aliphatic rings. The molecular weight excluding hydrogens is 500 g/mol. The van der Waals surface area contributed by atoms with Crippen molar-refractivity contribution in [3.63, 3.8) is 0 Å². The normalized spacial score (nSPS) is 18.1. The average Bonchev–Trinajstić information content (AvgIpc) is 3.22. The third kappa shape index (κ3) is 4.13. The van der Waals surface area contributed by atoms with Crippen molar-refractivity contribution in [3.05, 3.63) is 100 Å². The van der Waals surface area contributed by atoms with E-state index in [0.29, 0.717) is 11.0 Å². The number of esters is 1. The number of amidine groups is 1. The van der Waals surface area contributed by atoms with Gasteiger partial charge in [-0.1, -0.05) is 48.0 Å². The lowest BCUT2D eigenvalue weighted by molar-refractivity contribution is -0.135. The van der Waals surface area contributed by atoms with Crippen LogP contribution in [0.5, 0.6) is 5.75 Å². The highest BCUT2D eigenvalue weighted by Crippen LogP contribution is 2.46. The van der Waals surface area contributed by atoms with E-state index in [1.54, 1.807) is 31.2 Å². The lowest BCUT2D eigenvalue weighted by atomic mass is 9.90. The van der Waals surface area contributed by atoms with E-state index in [0.717, 1.165) is 53.1 Å². The smallest absolute Gasteiger partial charge is 0.376 e. The monoisotopic (exact) mass is 526 g/mol. The number of halogens is 1. The molecule has 8 heteroatoms. The molecule has 0 spiro atoms. The summed E-state index contributed by atoms with van der Waals surface area (Å²) in [5, 5.41) is 7.09. The second-order valence-corrected chi connectivity index (χ2v) is 9.71. The number of guanidine groups is 1. The number of hydrogen-bond acceptors (Lipinski definition) is 7. The average molecular weight is 527 g/mol. The summed E-state index contributed by atoms with van der Waals surface area (Å²) in [4.78, 5) is 20.4. The summed E-state index contributed by atoms with van der Waals surface area (Å²) >= 11 is 6.18. The molecule has 3 aromatic rings. The van der Waals surface area contributed by atoms with Crippen LogP contribution >= 0.6 is 11.6 Å². The number of hydrazone groups is 1. The number of anilines is 1. The summed E-state index contributed by atoms with van der Waals surface area (Å²) in [6, 6.07) is 23.5. The Hall–Kier alpha value is -4.10. The van der Waals surface area contributed by atoms with Crippen molar-refractivity contribution in [2.24, 2.45) is 10.1 Å². The predicted molar refractivity (Wildman–Crippen MR) is 149 cm³/mol. The quantitative estimate of drug-likeness (QED) is 0.370. The first kappa shape index (κ1) is 24.2. The van der Waals surface area contributed by atoms with Gasteiger partial charge in [0.15, 0.2) is 0 Å². The molecule has 192 valence electrons. The molecule has 1 aliphatic carbocycles. The largest absolute Gasteiger partial charge is 0.497 e. The van der Waals surface area contributed by atoms with Crippen LogP contribution < -0.4 is 9.75 Å². The van der Waals surface area contributed by atoms with Gasteiger partial charge in [0.25, 0.3) is 0 Å². The maximum Gasteiger partial charge on any atom is 0.376 e. The minimum atomic E-state index is -0.492. The molecule has 0 amide bonds. The Balaban J connectivity index is 1.59. The van der Waals surface area contributed by atoms with Gasteiger partial charge in [-0.25, -0.2) is 9.79 Å². The van der Waals surface area contributed by atoms with Crippen molar-refractivity contribution in [2.45, 2.75) is 32.2 Å². The summed E-state index contributed by atoms with van der Waals surface area (Å²) in [6.07, 6.45) is 2.78. The van der Waals surface area contributed by atoms with E-state index in [-0.39, 0.29) is 18.5 Å². The van der Waals surface area contributed by atoms with E-state index in [1.165, 1.54) is 5.56 Å². The van der Waals surface area contributed by atoms with Gasteiger partial charge in [0, 0.05) is 10.6 Å². The number of carbonyl (C=O) groups excluding carboxylic acids is 1. The molecule has 3 aromatic carbocycles. The predicted octanol–water partition coefficient (Wildman–Crippen LogP) is 6.21. The lowest BCUT2D eigenvalue weighted by Gasteiger charge is -2.37. The summed E-state index contributed by atoms with van der Waals surface area (Å²) in [6.45, 7) is 2.03. The first-order chi connectivity index (χ1) is 18.6. The van der Waals surface area contributed by atoms with Crippen molar-refractivity contribution >= 4 is 40.7 Å². The molecule has 0 aromatic heterocycles. The second-order valence-electron chi connectivity index (χ2n) is 9.27. The highest BCUT2D eigenvalue weighted by Gasteiger charge is 2.46. The fourth-order valence-electron chi connectivity index (χ4n) is 5.33. The highest BCUT2D eigenvalue weighted by molar-refractivity contribution is 6.42. The van der Waals surface area contributed by atoms with Crippen molar-refractivity contribution < 1.29 is 14.3 Å². The van der Waals surface area contributed by atoms with E-state index in [9.17, 15) is 4.79 Å². The van der Waals surface area contributed by atoms with Crippen molar-refractivity contribution in [1.29, 1.82) is 0 Å². The number of rotatable bonds is 5. The van der Waals surface area contributed by atoms with Gasteiger partial charge in [0.1, 0.15) is 5.75 Å². The molecule has 7 nitrogen and oxygen atoms in total. The Morgan fingerprint density at radius 1 is 1.03 bits per heavy atom. The molecule has 0 saturated heterocycles. The van der Waals surface area contributed by atoms with Crippen LogP contribution in [-0.2, 0) is 16.0 Å². The maximum absolute atomic E-state index is 13.3. The van der Waals surface area contributed by atoms with Crippen LogP contribution in [-0.4, -0.2) is 36.4 Å². The third-order valence-corrected chi connectivity index (χ3v) is 7.31. The van der Waals surface area contributed by atoms with Crippen LogP contribution in [0.15, 0.2) is 88.5 Å². The second kappa shape index (κ2) is 9.99. The fraction of sp³-hybridized carbons (Fsp3) is 0.233. The van der Waals surface area contributed by atoms with E-state index in [2.05, 4.69) is 24.3 Å². The number of benzene rings is 3. The molecule has 6 rings (SSSR count). The molecule has 0 radical (unpaired) electrons. The highest BCUT2D eigenvalue weighted by atomic mass is 35.5. The maximum atomic E-state index is 13.3. The minimum Gasteiger partial charge on any atom is -0.497 e. The number of aliphatic imine (C=N–C) groups is 1. The number of methoxy groups -OCH3 is 1. The van der Waals surface area contributed by atoms with Crippen molar-refractivity contribution in [1.82, 2.24) is 4.90 Å². The zero-order valence-electron chi connectivity index (χ0n) is 21.2. The zero-order valence-corrected chi connectivity index (χ0v) is 22.0. The van der Waals surface area contributed by atoms with Gasteiger partial charge >= 0.3 is 5.97 Å². The van der Waals surface area contributed by atoms with Crippen LogP contribution in [0, 0.1) is 0 Å². The molecular formula is C30H27ClN4O3. The lowest BCUT2D eigenvalue weighted by Crippen LogP contribution is -2.46. The van der Waals surface area contributed by atoms with Crippen LogP contribution in [0.2, 0.25) is 5.02 Å². The van der Waals surface area contributed by atoms with E-state index in [4.69, 9.17) is 31.2 Å². The molecule has 0 bridgehead atoms. The first-order valence-corrected chi connectivity index (χ1v) is 13.1. The topological polar surface area (TPSA) is 66.7 Å². The Morgan fingerprint density at radius 2 is 1.79 bits per heavy atom. The third-order valence-electron chi connectivity index (χ3n) is 7.06. The number of aryl methyl sites for hydroxylation is 1.